The van der Waals surface area contributed by atoms with Crippen molar-refractivity contribution in [3.63, 3.8) is 0 Å². The van der Waals surface area contributed by atoms with Gasteiger partial charge in [-0.3, -0.25) is 10.0 Å². The molecule has 80 valence electrons. The molecule has 6 nitrogen and oxygen atoms in total. The molecule has 0 aromatic carbocycles. The molecule has 1 amide bonds. The lowest BCUT2D eigenvalue weighted by atomic mass is 10.1. The number of hydrogen-bond acceptors (Lipinski definition) is 5. The van der Waals surface area contributed by atoms with Crippen molar-refractivity contribution >= 4 is 5.91 Å². The van der Waals surface area contributed by atoms with Gasteiger partial charge in [0.2, 0.25) is 0 Å². The van der Waals surface area contributed by atoms with Crippen molar-refractivity contribution in [2.24, 2.45) is 0 Å². The molecule has 1 heterocycles. The Morgan fingerprint density at radius 1 is 1.64 bits per heavy atom. The summed E-state index contributed by atoms with van der Waals surface area (Å²) in [7, 11) is 0. The predicted octanol–water partition coefficient (Wildman–Crippen LogP) is -1.03. The van der Waals surface area contributed by atoms with Gasteiger partial charge in [-0.1, -0.05) is 0 Å². The smallest absolute Gasteiger partial charge is 0.257 e. The van der Waals surface area contributed by atoms with Gasteiger partial charge in [-0.25, -0.2) is 10.7 Å². The molecule has 1 unspecified atom stereocenters. The van der Waals surface area contributed by atoms with Crippen molar-refractivity contribution in [1.82, 2.24) is 16.1 Å². The highest BCUT2D eigenvalue weighted by atomic mass is 16.5. The average molecular weight is 200 g/mol. The van der Waals surface area contributed by atoms with Crippen LogP contribution >= 0.6 is 0 Å². The number of nitrogens with zero attached hydrogens (tertiary/aromatic N) is 1. The van der Waals surface area contributed by atoms with Crippen molar-refractivity contribution in [3.8, 4) is 6.57 Å². The molecule has 4 N–H and O–H groups in total. The Morgan fingerprint density at radius 3 is 2.86 bits per heavy atom. The van der Waals surface area contributed by atoms with Gasteiger partial charge in [0, 0.05) is 19.2 Å². The van der Waals surface area contributed by atoms with Crippen LogP contribution in [0.15, 0.2) is 0 Å². The Morgan fingerprint density at radius 2 is 2.36 bits per heavy atom. The van der Waals surface area contributed by atoms with E-state index in [1.54, 1.807) is 5.48 Å². The van der Waals surface area contributed by atoms with Crippen LogP contribution in [0.25, 0.3) is 0 Å². The third-order valence-corrected chi connectivity index (χ3v) is 1.97. The zero-order valence-corrected chi connectivity index (χ0v) is 7.99. The molecule has 0 spiro atoms. The average Bonchev–Trinajstić information content (AvgIpc) is 2.30. The van der Waals surface area contributed by atoms with Gasteiger partial charge in [-0.2, -0.15) is 0 Å². The molecule has 14 heavy (non-hydrogen) atoms. The molecule has 1 aliphatic rings. The minimum atomic E-state index is -0.388. The fourth-order valence-corrected chi connectivity index (χ4v) is 1.30. The summed E-state index contributed by atoms with van der Waals surface area (Å²) >= 11 is 0. The summed E-state index contributed by atoms with van der Waals surface area (Å²) in [6.07, 6.45) is 2.23. The summed E-state index contributed by atoms with van der Waals surface area (Å²) in [6, 6.07) is 0.357. The lowest BCUT2D eigenvalue weighted by Gasteiger charge is -2.23. The number of piperidine rings is 1. The maximum atomic E-state index is 10.6. The highest BCUT2D eigenvalue weighted by Crippen LogP contribution is 1.99. The number of amides is 1. The molecule has 0 aromatic heterocycles. The van der Waals surface area contributed by atoms with Crippen molar-refractivity contribution in [2.45, 2.75) is 18.9 Å². The molecule has 0 saturated carbocycles. The van der Waals surface area contributed by atoms with E-state index in [0.29, 0.717) is 6.04 Å². The Hall–Kier alpha value is -1.16. The highest BCUT2D eigenvalue weighted by Gasteiger charge is 2.12. The minimum absolute atomic E-state index is 0.183. The van der Waals surface area contributed by atoms with E-state index >= 15 is 0 Å². The van der Waals surface area contributed by atoms with E-state index in [9.17, 15) is 4.79 Å². The largest absolute Gasteiger partial charge is 0.315 e. The second kappa shape index (κ2) is 8.44. The molecule has 6 heteroatoms. The van der Waals surface area contributed by atoms with Crippen LogP contribution in [0.1, 0.15) is 12.8 Å². The van der Waals surface area contributed by atoms with Crippen LogP contribution in [0.5, 0.6) is 0 Å². The van der Waals surface area contributed by atoms with E-state index in [2.05, 4.69) is 17.2 Å². The van der Waals surface area contributed by atoms with Gasteiger partial charge in [-0.05, 0) is 19.4 Å². The SMILES string of the molecule is C#N.O=C(CNC1CCCNC1)NO. The van der Waals surface area contributed by atoms with Gasteiger partial charge in [0.15, 0.2) is 0 Å². The zero-order valence-electron chi connectivity index (χ0n) is 7.99. The van der Waals surface area contributed by atoms with Crippen LogP contribution in [0.2, 0.25) is 0 Å². The zero-order chi connectivity index (χ0) is 10.8. The number of hydroxylamine groups is 1. The molecule has 1 atom stereocenters. The summed E-state index contributed by atoms with van der Waals surface area (Å²) in [4.78, 5) is 10.6. The van der Waals surface area contributed by atoms with Crippen molar-refractivity contribution < 1.29 is 10.0 Å². The van der Waals surface area contributed by atoms with E-state index in [0.717, 1.165) is 25.9 Å². The maximum absolute atomic E-state index is 10.6. The number of carbonyl (C=O) groups excluding carboxylic acids is 1. The van der Waals surface area contributed by atoms with Crippen LogP contribution in [0, 0.1) is 11.8 Å². The molecule has 1 saturated heterocycles. The van der Waals surface area contributed by atoms with Crippen molar-refractivity contribution in [1.29, 1.82) is 5.26 Å². The van der Waals surface area contributed by atoms with Gasteiger partial charge in [-0.15, -0.1) is 0 Å². The monoisotopic (exact) mass is 200 g/mol. The van der Waals surface area contributed by atoms with Gasteiger partial charge >= 0.3 is 0 Å². The van der Waals surface area contributed by atoms with E-state index in [1.165, 1.54) is 0 Å². The molecule has 1 aliphatic heterocycles. The van der Waals surface area contributed by atoms with Crippen molar-refractivity contribution in [2.75, 3.05) is 19.6 Å². The van der Waals surface area contributed by atoms with Gasteiger partial charge in [0.25, 0.3) is 5.91 Å². The lowest BCUT2D eigenvalue weighted by molar-refractivity contribution is -0.128. The molecule has 1 rings (SSSR count). The quantitative estimate of drug-likeness (QED) is 0.345. The Balaban J connectivity index is 0.000000791. The van der Waals surface area contributed by atoms with E-state index in [-0.39, 0.29) is 12.5 Å². The van der Waals surface area contributed by atoms with E-state index < -0.39 is 0 Å². The normalized spacial score (nSPS) is 20.4. The molecule has 1 fully saturated rings. The Labute approximate surface area is 83.2 Å². The second-order valence-electron chi connectivity index (χ2n) is 2.96. The highest BCUT2D eigenvalue weighted by molar-refractivity contribution is 5.76. The fourth-order valence-electron chi connectivity index (χ4n) is 1.30. The van der Waals surface area contributed by atoms with Crippen LogP contribution in [0.3, 0.4) is 0 Å². The Kier molecular flexibility index (Phi) is 7.74. The first-order valence-corrected chi connectivity index (χ1v) is 4.46. The molecule has 0 aliphatic carbocycles. The molecule has 0 bridgehead atoms. The molecular formula is C8H16N4O2. The van der Waals surface area contributed by atoms with E-state index in [4.69, 9.17) is 10.5 Å². The third-order valence-electron chi connectivity index (χ3n) is 1.97. The van der Waals surface area contributed by atoms with Crippen LogP contribution in [-0.2, 0) is 4.79 Å². The van der Waals surface area contributed by atoms with Crippen molar-refractivity contribution in [3.05, 3.63) is 0 Å². The number of hydrogen-bond donors (Lipinski definition) is 4. The van der Waals surface area contributed by atoms with Crippen LogP contribution in [-0.4, -0.2) is 36.8 Å². The Bertz CT molecular complexity index is 177. The minimum Gasteiger partial charge on any atom is -0.315 e. The van der Waals surface area contributed by atoms with Gasteiger partial charge < -0.3 is 10.6 Å². The summed E-state index contributed by atoms with van der Waals surface area (Å²) in [5, 5.41) is 21.0. The summed E-state index contributed by atoms with van der Waals surface area (Å²) < 4.78 is 0. The van der Waals surface area contributed by atoms with Crippen LogP contribution < -0.4 is 16.1 Å². The number of nitriles is 1. The maximum Gasteiger partial charge on any atom is 0.257 e. The topological polar surface area (TPSA) is 97.2 Å². The standard InChI is InChI=1S/C7H15N3O2.CHN/c11-7(10-12)5-9-6-2-1-3-8-4-6;1-2/h6,8-9,12H,1-5H2,(H,10,11);1H. The summed E-state index contributed by atoms with van der Waals surface area (Å²) in [5.74, 6) is -0.388. The van der Waals surface area contributed by atoms with Gasteiger partial charge in [0.05, 0.1) is 6.54 Å². The number of rotatable bonds is 3. The number of carbonyl (C=O) groups is 1. The first kappa shape index (κ1) is 12.8. The molecule has 0 radical (unpaired) electrons. The third kappa shape index (κ3) is 5.48. The molecule has 0 aromatic rings. The fraction of sp³-hybridized carbons (Fsp3) is 0.750. The van der Waals surface area contributed by atoms with E-state index in [1.807, 2.05) is 0 Å². The second-order valence-corrected chi connectivity index (χ2v) is 2.96. The summed E-state index contributed by atoms with van der Waals surface area (Å²) in [6.45, 7) is 5.64. The van der Waals surface area contributed by atoms with Crippen LogP contribution in [0.4, 0.5) is 0 Å². The molecular weight excluding hydrogens is 184 g/mol. The predicted molar refractivity (Wildman–Crippen MR) is 50.5 cm³/mol. The number of nitrogens with one attached hydrogen (secondary N) is 3. The summed E-state index contributed by atoms with van der Waals surface area (Å²) in [5.41, 5.74) is 1.58. The first-order valence-electron chi connectivity index (χ1n) is 4.46. The van der Waals surface area contributed by atoms with Gasteiger partial charge in [0.1, 0.15) is 0 Å². The lowest BCUT2D eigenvalue weighted by Crippen LogP contribution is -2.46. The first-order chi connectivity index (χ1) is 6.83.